The van der Waals surface area contributed by atoms with Crippen LogP contribution in [-0.4, -0.2) is 28.7 Å². The Hall–Kier alpha value is -2.59. The van der Waals surface area contributed by atoms with E-state index in [2.05, 4.69) is 18.3 Å². The van der Waals surface area contributed by atoms with Crippen molar-refractivity contribution in [2.45, 2.75) is 25.8 Å². The first-order chi connectivity index (χ1) is 12.2. The van der Waals surface area contributed by atoms with E-state index >= 15 is 0 Å². The van der Waals surface area contributed by atoms with E-state index in [-0.39, 0.29) is 18.4 Å². The van der Waals surface area contributed by atoms with Crippen LogP contribution in [0.4, 0.5) is 0 Å². The molecule has 1 aromatic heterocycles. The zero-order valence-corrected chi connectivity index (χ0v) is 14.5. The van der Waals surface area contributed by atoms with E-state index in [1.54, 1.807) is 0 Å². The van der Waals surface area contributed by atoms with E-state index < -0.39 is 0 Å². The number of rotatable bonds is 7. The fourth-order valence-corrected chi connectivity index (χ4v) is 3.28. The van der Waals surface area contributed by atoms with Crippen LogP contribution in [-0.2, 0) is 11.3 Å². The number of para-hydroxylation sites is 1. The molecule has 2 aromatic carbocycles. The van der Waals surface area contributed by atoms with Gasteiger partial charge in [0.05, 0.1) is 0 Å². The zero-order valence-electron chi connectivity index (χ0n) is 14.5. The van der Waals surface area contributed by atoms with E-state index in [1.165, 1.54) is 10.9 Å². The van der Waals surface area contributed by atoms with Gasteiger partial charge in [-0.25, -0.2) is 0 Å². The van der Waals surface area contributed by atoms with Gasteiger partial charge in [-0.05, 0) is 30.5 Å². The highest BCUT2D eigenvalue weighted by atomic mass is 16.3. The van der Waals surface area contributed by atoms with E-state index in [0.717, 1.165) is 11.1 Å². The Morgan fingerprint density at radius 1 is 1.12 bits per heavy atom. The van der Waals surface area contributed by atoms with Crippen LogP contribution in [0.15, 0.2) is 60.8 Å². The Balaban J connectivity index is 1.65. The van der Waals surface area contributed by atoms with Crippen molar-refractivity contribution in [3.05, 3.63) is 71.9 Å². The molecular formula is C21H24N2O2. The molecule has 2 N–H and O–H groups in total. The second kappa shape index (κ2) is 7.99. The van der Waals surface area contributed by atoms with Crippen molar-refractivity contribution in [1.82, 2.24) is 9.88 Å². The number of hydrogen-bond donors (Lipinski definition) is 2. The minimum atomic E-state index is -0.0142. The molecule has 3 aromatic rings. The van der Waals surface area contributed by atoms with Gasteiger partial charge in [-0.15, -0.1) is 0 Å². The van der Waals surface area contributed by atoms with Crippen LogP contribution in [0, 0.1) is 6.92 Å². The predicted molar refractivity (Wildman–Crippen MR) is 101 cm³/mol. The molecule has 130 valence electrons. The smallest absolute Gasteiger partial charge is 0.239 e. The number of aryl methyl sites for hydroxylation is 1. The number of carbonyl (C=O) groups is 1. The molecule has 3 rings (SSSR count). The van der Waals surface area contributed by atoms with Crippen molar-refractivity contribution in [3.8, 4) is 0 Å². The molecule has 4 heteroatoms. The van der Waals surface area contributed by atoms with E-state index in [0.29, 0.717) is 19.5 Å². The summed E-state index contributed by atoms with van der Waals surface area (Å²) in [7, 11) is 0. The number of aliphatic hydroxyl groups is 1. The SMILES string of the molecule is Cc1cn(CC(=O)NCC(CCO)c2ccccc2)c2ccccc12. The number of hydrogen-bond acceptors (Lipinski definition) is 2. The number of fused-ring (bicyclic) bond motifs is 1. The van der Waals surface area contributed by atoms with Gasteiger partial charge in [0.1, 0.15) is 6.54 Å². The van der Waals surface area contributed by atoms with Crippen LogP contribution in [0.3, 0.4) is 0 Å². The van der Waals surface area contributed by atoms with Crippen LogP contribution in [0.2, 0.25) is 0 Å². The Morgan fingerprint density at radius 3 is 2.60 bits per heavy atom. The number of amides is 1. The second-order valence-corrected chi connectivity index (χ2v) is 6.38. The third kappa shape index (κ3) is 4.09. The summed E-state index contributed by atoms with van der Waals surface area (Å²) in [5.41, 5.74) is 3.38. The molecule has 0 bridgehead atoms. The molecule has 4 nitrogen and oxygen atoms in total. The molecule has 0 aliphatic rings. The summed E-state index contributed by atoms with van der Waals surface area (Å²) in [6.07, 6.45) is 2.66. The molecule has 0 saturated heterocycles. The third-order valence-electron chi connectivity index (χ3n) is 4.60. The maximum atomic E-state index is 12.4. The van der Waals surface area contributed by atoms with Crippen LogP contribution < -0.4 is 5.32 Å². The summed E-state index contributed by atoms with van der Waals surface area (Å²) in [6.45, 7) is 3.00. The lowest BCUT2D eigenvalue weighted by Gasteiger charge is -2.17. The highest BCUT2D eigenvalue weighted by Crippen LogP contribution is 2.20. The minimum absolute atomic E-state index is 0.0142. The Morgan fingerprint density at radius 2 is 1.84 bits per heavy atom. The molecule has 25 heavy (non-hydrogen) atoms. The van der Waals surface area contributed by atoms with Gasteiger partial charge in [0, 0.05) is 36.2 Å². The Labute approximate surface area is 148 Å². The van der Waals surface area contributed by atoms with Crippen molar-refractivity contribution in [3.63, 3.8) is 0 Å². The summed E-state index contributed by atoms with van der Waals surface area (Å²) in [6, 6.07) is 18.1. The van der Waals surface area contributed by atoms with Crippen LogP contribution in [0.25, 0.3) is 10.9 Å². The number of aliphatic hydroxyl groups excluding tert-OH is 1. The molecule has 1 atom stereocenters. The molecule has 0 fully saturated rings. The molecule has 1 unspecified atom stereocenters. The summed E-state index contributed by atoms with van der Waals surface area (Å²) in [4.78, 5) is 12.4. The number of benzene rings is 2. The van der Waals surface area contributed by atoms with Gasteiger partial charge < -0.3 is 15.0 Å². The number of nitrogens with zero attached hydrogens (tertiary/aromatic N) is 1. The summed E-state index contributed by atoms with van der Waals surface area (Å²) in [5, 5.41) is 13.5. The Kier molecular flexibility index (Phi) is 5.51. The fourth-order valence-electron chi connectivity index (χ4n) is 3.28. The van der Waals surface area contributed by atoms with Gasteiger partial charge >= 0.3 is 0 Å². The summed E-state index contributed by atoms with van der Waals surface area (Å²) >= 11 is 0. The maximum Gasteiger partial charge on any atom is 0.239 e. The molecule has 1 heterocycles. The number of aromatic nitrogens is 1. The highest BCUT2D eigenvalue weighted by molar-refractivity contribution is 5.86. The first-order valence-electron chi connectivity index (χ1n) is 8.66. The fraction of sp³-hybridized carbons (Fsp3) is 0.286. The van der Waals surface area contributed by atoms with Crippen LogP contribution in [0.5, 0.6) is 0 Å². The average molecular weight is 336 g/mol. The van der Waals surface area contributed by atoms with Crippen LogP contribution in [0.1, 0.15) is 23.5 Å². The molecule has 0 aliphatic heterocycles. The van der Waals surface area contributed by atoms with E-state index in [9.17, 15) is 9.90 Å². The predicted octanol–water partition coefficient (Wildman–Crippen LogP) is 3.23. The van der Waals surface area contributed by atoms with Crippen molar-refractivity contribution in [2.75, 3.05) is 13.2 Å². The monoisotopic (exact) mass is 336 g/mol. The normalized spacial score (nSPS) is 12.2. The summed E-state index contributed by atoms with van der Waals surface area (Å²) < 4.78 is 1.99. The lowest BCUT2D eigenvalue weighted by Crippen LogP contribution is -2.31. The summed E-state index contributed by atoms with van der Waals surface area (Å²) in [5.74, 6) is 0.109. The first kappa shape index (κ1) is 17.2. The lowest BCUT2D eigenvalue weighted by molar-refractivity contribution is -0.121. The molecule has 0 saturated carbocycles. The second-order valence-electron chi connectivity index (χ2n) is 6.38. The molecule has 0 radical (unpaired) electrons. The number of carbonyl (C=O) groups excluding carboxylic acids is 1. The maximum absolute atomic E-state index is 12.4. The molecule has 0 spiro atoms. The third-order valence-corrected chi connectivity index (χ3v) is 4.60. The van der Waals surface area contributed by atoms with Gasteiger partial charge in [0.25, 0.3) is 0 Å². The van der Waals surface area contributed by atoms with E-state index in [1.807, 2.05) is 59.3 Å². The largest absolute Gasteiger partial charge is 0.396 e. The van der Waals surface area contributed by atoms with Gasteiger partial charge in [-0.3, -0.25) is 4.79 Å². The molecule has 0 aliphatic carbocycles. The van der Waals surface area contributed by atoms with Gasteiger partial charge in [-0.1, -0.05) is 48.5 Å². The van der Waals surface area contributed by atoms with Crippen LogP contribution >= 0.6 is 0 Å². The van der Waals surface area contributed by atoms with Gasteiger partial charge in [0.2, 0.25) is 5.91 Å². The molecular weight excluding hydrogens is 312 g/mol. The first-order valence-corrected chi connectivity index (χ1v) is 8.66. The molecule has 1 amide bonds. The highest BCUT2D eigenvalue weighted by Gasteiger charge is 2.13. The Bertz CT molecular complexity index is 839. The average Bonchev–Trinajstić information content (AvgIpc) is 2.95. The topological polar surface area (TPSA) is 54.3 Å². The van der Waals surface area contributed by atoms with Crippen molar-refractivity contribution in [2.24, 2.45) is 0 Å². The van der Waals surface area contributed by atoms with Gasteiger partial charge in [-0.2, -0.15) is 0 Å². The van der Waals surface area contributed by atoms with Gasteiger partial charge in [0.15, 0.2) is 0 Å². The van der Waals surface area contributed by atoms with Crippen molar-refractivity contribution in [1.29, 1.82) is 0 Å². The van der Waals surface area contributed by atoms with E-state index in [4.69, 9.17) is 0 Å². The minimum Gasteiger partial charge on any atom is -0.396 e. The van der Waals surface area contributed by atoms with Crippen molar-refractivity contribution >= 4 is 16.8 Å². The standard InChI is InChI=1S/C21H24N2O2/c1-16-14-23(20-10-6-5-9-19(16)20)15-21(25)22-13-18(11-12-24)17-7-3-2-4-8-17/h2-10,14,18,24H,11-13,15H2,1H3,(H,22,25). The number of nitrogens with one attached hydrogen (secondary N) is 1. The van der Waals surface area contributed by atoms with Crippen molar-refractivity contribution < 1.29 is 9.90 Å². The lowest BCUT2D eigenvalue weighted by atomic mass is 9.96. The quantitative estimate of drug-likeness (QED) is 0.696. The zero-order chi connectivity index (χ0) is 17.6.